The molecule has 1 aliphatic heterocycles. The Labute approximate surface area is 198 Å². The molecule has 1 atom stereocenters. The Hall–Kier alpha value is -2.50. The molecule has 0 saturated carbocycles. The number of aromatic nitrogens is 3. The van der Waals surface area contributed by atoms with E-state index in [1.54, 1.807) is 0 Å². The Morgan fingerprint density at radius 3 is 2.70 bits per heavy atom. The van der Waals surface area contributed by atoms with Gasteiger partial charge in [0.15, 0.2) is 0 Å². The number of nitrogens with zero attached hydrogens (tertiary/aromatic N) is 2. The maximum absolute atomic E-state index is 10.8. The van der Waals surface area contributed by atoms with Crippen molar-refractivity contribution in [3.05, 3.63) is 98.9 Å². The number of phosphoric acid groups is 1. The van der Waals surface area contributed by atoms with Gasteiger partial charge >= 0.3 is 164 Å². The van der Waals surface area contributed by atoms with Gasteiger partial charge in [0.2, 0.25) is 0 Å². The number of halogens is 1. The van der Waals surface area contributed by atoms with Crippen LogP contribution in [0.4, 0.5) is 0 Å². The van der Waals surface area contributed by atoms with Crippen LogP contribution < -0.4 is 10.6 Å². The zero-order chi connectivity index (χ0) is 23.3. The predicted octanol–water partition coefficient (Wildman–Crippen LogP) is 3.27. The van der Waals surface area contributed by atoms with Crippen molar-refractivity contribution in [1.82, 2.24) is 15.4 Å². The molecule has 0 spiro atoms. The molecule has 9 nitrogen and oxygen atoms in total. The van der Waals surface area contributed by atoms with Gasteiger partial charge in [0.25, 0.3) is 0 Å². The second-order valence-electron chi connectivity index (χ2n) is 7.38. The van der Waals surface area contributed by atoms with Crippen molar-refractivity contribution in [2.45, 2.75) is 12.8 Å². The number of benzene rings is 1. The average Bonchev–Trinajstić information content (AvgIpc) is 3.44. The predicted molar refractivity (Wildman–Crippen MR) is 131 cm³/mol. The van der Waals surface area contributed by atoms with Crippen LogP contribution in [0.1, 0.15) is 28.1 Å². The molecule has 1 aromatic carbocycles. The fourth-order valence-corrected chi connectivity index (χ4v) is 8.19. The number of allylic oxidation sites excluding steroid dienone is 4. The second kappa shape index (κ2) is 10.6. The standard InChI is InChI=1S/C22H24IN4O5P/c24-21-7-9-23(15-31-33(28,29)30)8-1-2-20(21)22-12-19(27-32-22)11-17-5-3-16(4-6-17)10-18-13-25-26-14-18/h1-8,12-14H,9-11,15,24H2,(H,25,26)(H2,28,29,30)/p-1/b8-1-,20-2+,21-7-. The van der Waals surface area contributed by atoms with E-state index in [9.17, 15) is 9.46 Å². The first-order chi connectivity index (χ1) is 15.9. The number of hydrogen-bond acceptors (Lipinski definition) is 7. The Morgan fingerprint density at radius 1 is 1.24 bits per heavy atom. The zero-order valence-corrected chi connectivity index (χ0v) is 20.6. The monoisotopic (exact) mass is 581 g/mol. The molecule has 11 heteroatoms. The summed E-state index contributed by atoms with van der Waals surface area (Å²) in [5.41, 5.74) is 11.7. The number of rotatable bonds is 8. The molecule has 3 aromatic rings. The summed E-state index contributed by atoms with van der Waals surface area (Å²) in [5, 5.41) is 11.0. The van der Waals surface area contributed by atoms with Crippen LogP contribution in [0, 0.1) is 0 Å². The molecule has 3 heterocycles. The Balaban J connectivity index is 1.40. The van der Waals surface area contributed by atoms with Crippen LogP contribution in [0.15, 0.2) is 75.3 Å². The number of alkyl halides is 2. The van der Waals surface area contributed by atoms with Crippen molar-refractivity contribution in [2.24, 2.45) is 5.73 Å². The van der Waals surface area contributed by atoms with Gasteiger partial charge in [-0.1, -0.05) is 0 Å². The van der Waals surface area contributed by atoms with Crippen LogP contribution in [0.25, 0.3) is 5.57 Å². The molecule has 0 aliphatic carbocycles. The molecule has 1 aliphatic rings. The van der Waals surface area contributed by atoms with E-state index in [0.717, 1.165) is 23.2 Å². The van der Waals surface area contributed by atoms with Gasteiger partial charge in [-0.05, 0) is 5.56 Å². The van der Waals surface area contributed by atoms with E-state index in [1.807, 2.05) is 40.8 Å². The Kier molecular flexibility index (Phi) is 7.61. The first kappa shape index (κ1) is 23.7. The third-order valence-corrected chi connectivity index (χ3v) is 9.93. The molecule has 0 radical (unpaired) electrons. The van der Waals surface area contributed by atoms with Gasteiger partial charge in [0.05, 0.1) is 6.20 Å². The van der Waals surface area contributed by atoms with Crippen molar-refractivity contribution < 1.29 is 23.4 Å². The van der Waals surface area contributed by atoms with Crippen molar-refractivity contribution in [3.8, 4) is 0 Å². The third-order valence-electron chi connectivity index (χ3n) is 4.87. The topological polar surface area (TPSA) is 150 Å². The minimum atomic E-state index is -4.71. The summed E-state index contributed by atoms with van der Waals surface area (Å²) >= 11 is -1.90. The van der Waals surface area contributed by atoms with Crippen LogP contribution in [-0.4, -0.2) is 29.3 Å². The Morgan fingerprint density at radius 2 is 2.00 bits per heavy atom. The number of H-pyrrole nitrogens is 1. The van der Waals surface area contributed by atoms with Crippen molar-refractivity contribution >= 4 is 33.2 Å². The molecule has 1 unspecified atom stereocenters. The minimum absolute atomic E-state index is 0.00201. The van der Waals surface area contributed by atoms with Gasteiger partial charge in [-0.3, -0.25) is 5.10 Å². The Bertz CT molecular complexity index is 1210. The van der Waals surface area contributed by atoms with E-state index < -0.39 is 27.6 Å². The molecule has 174 valence electrons. The molecule has 2 aromatic heterocycles. The van der Waals surface area contributed by atoms with E-state index in [1.165, 1.54) is 5.56 Å². The molecule has 33 heavy (non-hydrogen) atoms. The molecule has 4 N–H and O–H groups in total. The van der Waals surface area contributed by atoms with Crippen molar-refractivity contribution in [2.75, 3.05) is 9.04 Å². The summed E-state index contributed by atoms with van der Waals surface area (Å²) < 4.78 is 23.5. The summed E-state index contributed by atoms with van der Waals surface area (Å²) in [6.45, 7) is 0. The van der Waals surface area contributed by atoms with Crippen LogP contribution in [-0.2, 0) is 21.9 Å². The average molecular weight is 581 g/mol. The molecule has 0 fully saturated rings. The molecule has 4 rings (SSSR count). The molecular weight excluding hydrogens is 558 g/mol. The summed E-state index contributed by atoms with van der Waals surface area (Å²) in [7, 11) is -4.71. The van der Waals surface area contributed by atoms with Crippen LogP contribution >= 0.6 is 27.6 Å². The van der Waals surface area contributed by atoms with E-state index in [4.69, 9.17) is 15.2 Å². The van der Waals surface area contributed by atoms with Gasteiger partial charge in [0, 0.05) is 12.6 Å². The molecular formula is C22H23IN4O5P-. The van der Waals surface area contributed by atoms with Crippen LogP contribution in [0.2, 0.25) is 0 Å². The van der Waals surface area contributed by atoms with Gasteiger partial charge in [-0.2, -0.15) is 5.10 Å². The summed E-state index contributed by atoms with van der Waals surface area (Å²) in [6, 6.07) is 10.2. The number of aromatic amines is 1. The fraction of sp³-hybridized carbons (Fsp3) is 0.182. The number of nitrogens with two attached hydrogens (primary N) is 1. The van der Waals surface area contributed by atoms with Crippen LogP contribution in [0.3, 0.4) is 0 Å². The van der Waals surface area contributed by atoms with Gasteiger partial charge in [-0.25, -0.2) is 0 Å². The van der Waals surface area contributed by atoms with Crippen molar-refractivity contribution in [1.29, 1.82) is 0 Å². The third kappa shape index (κ3) is 6.99. The molecule has 0 saturated heterocycles. The normalized spacial score (nSPS) is 21.2. The van der Waals surface area contributed by atoms with Gasteiger partial charge in [0.1, 0.15) is 0 Å². The van der Waals surface area contributed by atoms with Crippen molar-refractivity contribution in [3.63, 3.8) is 0 Å². The molecule has 0 amide bonds. The summed E-state index contributed by atoms with van der Waals surface area (Å²) in [4.78, 5) is 19.6. The summed E-state index contributed by atoms with van der Waals surface area (Å²) in [5.74, 6) is 0.567. The fourth-order valence-electron chi connectivity index (χ4n) is 3.22. The SMILES string of the molecule is NC1=C\CI(COP(=O)([O-])O)\C=C/C=C\1c1cc(Cc2ccc(Cc3cn[nH]c3)cc2)no1. The van der Waals surface area contributed by atoms with E-state index in [2.05, 4.69) is 44.1 Å². The first-order valence-corrected chi connectivity index (χ1v) is 15.8. The molecule has 0 bridgehead atoms. The first-order valence-electron chi connectivity index (χ1n) is 10.0. The second-order valence-corrected chi connectivity index (χ2v) is 13.6. The number of hydrogen-bond donors (Lipinski definition) is 3. The van der Waals surface area contributed by atoms with E-state index >= 15 is 0 Å². The van der Waals surface area contributed by atoms with Gasteiger partial charge < -0.3 is 0 Å². The van der Waals surface area contributed by atoms with Gasteiger partial charge in [-0.15, -0.1) is 0 Å². The number of phosphoric ester groups is 1. The summed E-state index contributed by atoms with van der Waals surface area (Å²) in [6.07, 6.45) is 10.7. The zero-order valence-electron chi connectivity index (χ0n) is 17.6. The van der Waals surface area contributed by atoms with Crippen LogP contribution in [0.5, 0.6) is 0 Å². The van der Waals surface area contributed by atoms with E-state index in [-0.39, 0.29) is 4.61 Å². The maximum atomic E-state index is 10.8. The number of nitrogens with one attached hydrogen (secondary N) is 1. The van der Waals surface area contributed by atoms with E-state index in [0.29, 0.717) is 27.9 Å². The quantitative estimate of drug-likeness (QED) is 0.209.